The number of ether oxygens (including phenoxy) is 1. The number of carbonyl (C=O) groups excluding carboxylic acids is 2. The number of benzene rings is 2. The number of carbonyl (C=O) groups is 2. The van der Waals surface area contributed by atoms with E-state index in [0.717, 1.165) is 16.1 Å². The summed E-state index contributed by atoms with van der Waals surface area (Å²) in [5, 5.41) is 3.32. The van der Waals surface area contributed by atoms with E-state index in [-0.39, 0.29) is 48.5 Å². The molecule has 0 bridgehead atoms. The molecule has 0 fully saturated rings. The van der Waals surface area contributed by atoms with Crippen molar-refractivity contribution in [1.29, 1.82) is 0 Å². The Bertz CT molecular complexity index is 1130. The van der Waals surface area contributed by atoms with Gasteiger partial charge in [0.1, 0.15) is 11.8 Å². The van der Waals surface area contributed by atoms with E-state index in [2.05, 4.69) is 5.32 Å². The molecule has 192 valence electrons. The molecule has 1 atom stereocenters. The number of likely N-dealkylation sites (N-methyl/N-ethyl adjacent to an activating group) is 1. The Hall–Kier alpha value is -2.49. The molecule has 0 aliphatic rings. The van der Waals surface area contributed by atoms with E-state index in [9.17, 15) is 18.0 Å². The van der Waals surface area contributed by atoms with Crippen molar-refractivity contribution in [3.05, 3.63) is 58.1 Å². The molecule has 0 aliphatic carbocycles. The number of sulfonamides is 1. The highest BCUT2D eigenvalue weighted by Crippen LogP contribution is 2.31. The molecule has 0 unspecified atom stereocenters. The van der Waals surface area contributed by atoms with Gasteiger partial charge in [-0.15, -0.1) is 0 Å². The maximum Gasteiger partial charge on any atom is 0.242 e. The van der Waals surface area contributed by atoms with Crippen molar-refractivity contribution in [2.24, 2.45) is 0 Å². The monoisotopic (exact) mass is 543 g/mol. The molecule has 0 saturated heterocycles. The van der Waals surface area contributed by atoms with E-state index in [1.165, 1.54) is 17.0 Å². The fourth-order valence-electron chi connectivity index (χ4n) is 3.49. The number of nitrogens with zero attached hydrogens (tertiary/aromatic N) is 2. The van der Waals surface area contributed by atoms with Gasteiger partial charge in [0, 0.05) is 31.1 Å². The summed E-state index contributed by atoms with van der Waals surface area (Å²) >= 11 is 12.3. The molecule has 0 heterocycles. The Kier molecular flexibility index (Phi) is 10.7. The quantitative estimate of drug-likeness (QED) is 0.434. The second-order valence-corrected chi connectivity index (χ2v) is 10.7. The van der Waals surface area contributed by atoms with Crippen molar-refractivity contribution in [3.63, 3.8) is 0 Å². The molecule has 0 aromatic heterocycles. The van der Waals surface area contributed by atoms with E-state index in [1.807, 2.05) is 12.1 Å². The third-order valence-electron chi connectivity index (χ3n) is 5.36. The summed E-state index contributed by atoms with van der Waals surface area (Å²) < 4.78 is 31.2. The number of nitrogens with one attached hydrogen (secondary N) is 1. The minimum absolute atomic E-state index is 0.0244. The van der Waals surface area contributed by atoms with Crippen LogP contribution in [0.15, 0.2) is 42.5 Å². The summed E-state index contributed by atoms with van der Waals surface area (Å²) in [5.41, 5.74) is 1.08. The molecule has 0 radical (unpaired) electrons. The van der Waals surface area contributed by atoms with Gasteiger partial charge in [0.15, 0.2) is 0 Å². The SMILES string of the molecule is CCNC(=O)[C@H](C)N(Cc1ccc(OC)cc1)C(=O)CCCN(c1cc(Cl)ccc1Cl)S(C)(=O)=O. The van der Waals surface area contributed by atoms with Crippen LogP contribution in [0.5, 0.6) is 5.75 Å². The third-order valence-corrected chi connectivity index (χ3v) is 7.09. The lowest BCUT2D eigenvalue weighted by atomic mass is 10.1. The average Bonchev–Trinajstić information content (AvgIpc) is 2.81. The molecular formula is C24H31Cl2N3O5S. The topological polar surface area (TPSA) is 96.0 Å². The summed E-state index contributed by atoms with van der Waals surface area (Å²) in [5.74, 6) is 0.145. The third kappa shape index (κ3) is 8.30. The fraction of sp³-hybridized carbons (Fsp3) is 0.417. The zero-order chi connectivity index (χ0) is 26.2. The van der Waals surface area contributed by atoms with Crippen LogP contribution in [0.2, 0.25) is 10.0 Å². The standard InChI is InChI=1S/C24H31Cl2N3O5S/c1-5-27-24(31)17(2)28(16-18-8-11-20(34-3)12-9-18)23(30)7-6-14-29(35(4,32)33)22-15-19(25)10-13-21(22)26/h8-13,15,17H,5-7,14,16H2,1-4H3,(H,27,31)/t17-/m0/s1. The Morgan fingerprint density at radius 3 is 2.34 bits per heavy atom. The van der Waals surface area contributed by atoms with Crippen LogP contribution in [-0.4, -0.2) is 57.6 Å². The summed E-state index contributed by atoms with van der Waals surface area (Å²) in [6, 6.07) is 11.1. The zero-order valence-corrected chi connectivity index (χ0v) is 22.6. The van der Waals surface area contributed by atoms with Gasteiger partial charge in [0.2, 0.25) is 21.8 Å². The van der Waals surface area contributed by atoms with Gasteiger partial charge in [-0.2, -0.15) is 0 Å². The number of halogens is 2. The van der Waals surface area contributed by atoms with Crippen LogP contribution < -0.4 is 14.4 Å². The van der Waals surface area contributed by atoms with Crippen molar-refractivity contribution in [2.75, 3.05) is 30.8 Å². The molecule has 2 aromatic rings. The number of hydrogen-bond donors (Lipinski definition) is 1. The van der Waals surface area contributed by atoms with Gasteiger partial charge < -0.3 is 15.0 Å². The molecule has 2 amide bonds. The maximum absolute atomic E-state index is 13.2. The normalized spacial score (nSPS) is 12.1. The van der Waals surface area contributed by atoms with Crippen LogP contribution in [0.25, 0.3) is 0 Å². The van der Waals surface area contributed by atoms with Gasteiger partial charge in [0.25, 0.3) is 0 Å². The van der Waals surface area contributed by atoms with E-state index >= 15 is 0 Å². The predicted octanol–water partition coefficient (Wildman–Crippen LogP) is 4.10. The van der Waals surface area contributed by atoms with Crippen LogP contribution in [0.3, 0.4) is 0 Å². The van der Waals surface area contributed by atoms with Crippen molar-refractivity contribution in [3.8, 4) is 5.75 Å². The fourth-order valence-corrected chi connectivity index (χ4v) is 4.90. The first-order valence-corrected chi connectivity index (χ1v) is 13.7. The second kappa shape index (κ2) is 13.0. The van der Waals surface area contributed by atoms with Crippen molar-refractivity contribution < 1.29 is 22.7 Å². The van der Waals surface area contributed by atoms with Crippen LogP contribution in [-0.2, 0) is 26.2 Å². The minimum Gasteiger partial charge on any atom is -0.497 e. The lowest BCUT2D eigenvalue weighted by Crippen LogP contribution is -2.47. The number of methoxy groups -OCH3 is 1. The van der Waals surface area contributed by atoms with Crippen LogP contribution in [0, 0.1) is 0 Å². The summed E-state index contributed by atoms with van der Waals surface area (Å²) in [4.78, 5) is 27.2. The van der Waals surface area contributed by atoms with E-state index in [4.69, 9.17) is 27.9 Å². The number of anilines is 1. The highest BCUT2D eigenvalue weighted by atomic mass is 35.5. The number of amides is 2. The lowest BCUT2D eigenvalue weighted by Gasteiger charge is -2.29. The Morgan fingerprint density at radius 1 is 1.11 bits per heavy atom. The van der Waals surface area contributed by atoms with Crippen molar-refractivity contribution in [2.45, 2.75) is 39.3 Å². The Morgan fingerprint density at radius 2 is 1.77 bits per heavy atom. The first kappa shape index (κ1) is 28.7. The Labute approximate surface area is 217 Å². The largest absolute Gasteiger partial charge is 0.497 e. The molecule has 0 aliphatic heterocycles. The van der Waals surface area contributed by atoms with Gasteiger partial charge >= 0.3 is 0 Å². The van der Waals surface area contributed by atoms with E-state index in [0.29, 0.717) is 17.3 Å². The van der Waals surface area contributed by atoms with E-state index in [1.54, 1.807) is 39.2 Å². The van der Waals surface area contributed by atoms with Crippen molar-refractivity contribution in [1.82, 2.24) is 10.2 Å². The predicted molar refractivity (Wildman–Crippen MR) is 140 cm³/mol. The van der Waals surface area contributed by atoms with Crippen molar-refractivity contribution >= 4 is 50.7 Å². The smallest absolute Gasteiger partial charge is 0.242 e. The maximum atomic E-state index is 13.2. The van der Waals surface area contributed by atoms with Gasteiger partial charge in [-0.25, -0.2) is 8.42 Å². The van der Waals surface area contributed by atoms with Crippen LogP contribution >= 0.6 is 23.2 Å². The molecule has 0 spiro atoms. The minimum atomic E-state index is -3.68. The van der Waals surface area contributed by atoms with Gasteiger partial charge in [-0.3, -0.25) is 13.9 Å². The molecule has 11 heteroatoms. The summed E-state index contributed by atoms with van der Waals surface area (Å²) in [6.07, 6.45) is 1.32. The van der Waals surface area contributed by atoms with E-state index < -0.39 is 16.1 Å². The summed E-state index contributed by atoms with van der Waals surface area (Å²) in [6.45, 7) is 4.16. The number of rotatable bonds is 12. The zero-order valence-electron chi connectivity index (χ0n) is 20.3. The molecule has 2 aromatic carbocycles. The summed E-state index contributed by atoms with van der Waals surface area (Å²) in [7, 11) is -2.11. The first-order chi connectivity index (χ1) is 16.5. The lowest BCUT2D eigenvalue weighted by molar-refractivity contribution is -0.140. The average molecular weight is 545 g/mol. The van der Waals surface area contributed by atoms with Gasteiger partial charge in [-0.1, -0.05) is 35.3 Å². The molecule has 0 saturated carbocycles. The van der Waals surface area contributed by atoms with Gasteiger partial charge in [0.05, 0.1) is 24.1 Å². The highest BCUT2D eigenvalue weighted by molar-refractivity contribution is 7.92. The molecule has 35 heavy (non-hydrogen) atoms. The Balaban J connectivity index is 2.19. The van der Waals surface area contributed by atoms with Crippen LogP contribution in [0.1, 0.15) is 32.3 Å². The molecule has 1 N–H and O–H groups in total. The number of hydrogen-bond acceptors (Lipinski definition) is 5. The highest BCUT2D eigenvalue weighted by Gasteiger charge is 2.27. The molecular weight excluding hydrogens is 513 g/mol. The first-order valence-electron chi connectivity index (χ1n) is 11.1. The molecule has 8 nitrogen and oxygen atoms in total. The second-order valence-electron chi connectivity index (χ2n) is 7.97. The van der Waals surface area contributed by atoms with Crippen LogP contribution in [0.4, 0.5) is 5.69 Å². The molecule has 2 rings (SSSR count). The van der Waals surface area contributed by atoms with Gasteiger partial charge in [-0.05, 0) is 56.2 Å².